The first kappa shape index (κ1) is 13.8. The quantitative estimate of drug-likeness (QED) is 0.895. The fourth-order valence-electron chi connectivity index (χ4n) is 2.05. The van der Waals surface area contributed by atoms with E-state index < -0.39 is 5.91 Å². The second kappa shape index (κ2) is 5.57. The summed E-state index contributed by atoms with van der Waals surface area (Å²) < 4.78 is 0. The van der Waals surface area contributed by atoms with Gasteiger partial charge in [0, 0.05) is 18.2 Å². The molecule has 0 saturated heterocycles. The number of hydrogen-bond acceptors (Lipinski definition) is 2. The largest absolute Gasteiger partial charge is 0.366 e. The third-order valence-electron chi connectivity index (χ3n) is 3.19. The van der Waals surface area contributed by atoms with Crippen LogP contribution in [0, 0.1) is 6.92 Å². The molecule has 0 heterocycles. The Hall–Kier alpha value is -2.62. The number of rotatable bonds is 3. The number of carbonyl (C=O) groups is 2. The minimum Gasteiger partial charge on any atom is -0.366 e. The minimum atomic E-state index is -0.452. The molecular weight excluding hydrogens is 252 g/mol. The van der Waals surface area contributed by atoms with Crippen LogP contribution < -0.4 is 11.1 Å². The van der Waals surface area contributed by atoms with Crippen LogP contribution in [0.3, 0.4) is 0 Å². The van der Waals surface area contributed by atoms with Crippen molar-refractivity contribution in [2.24, 2.45) is 5.73 Å². The van der Waals surface area contributed by atoms with Gasteiger partial charge in [0.15, 0.2) is 0 Å². The van der Waals surface area contributed by atoms with E-state index in [1.165, 1.54) is 0 Å². The minimum absolute atomic E-state index is 0.144. The van der Waals surface area contributed by atoms with Crippen LogP contribution in [0.4, 0.5) is 0 Å². The van der Waals surface area contributed by atoms with Crippen molar-refractivity contribution in [1.29, 1.82) is 0 Å². The number of nitrogens with one attached hydrogen (secondary N) is 1. The smallest absolute Gasteiger partial charge is 0.251 e. The Labute approximate surface area is 117 Å². The molecule has 0 fully saturated rings. The van der Waals surface area contributed by atoms with Gasteiger partial charge < -0.3 is 11.1 Å². The first-order valence-electron chi connectivity index (χ1n) is 6.26. The summed E-state index contributed by atoms with van der Waals surface area (Å²) in [5.74, 6) is -0.596. The molecule has 0 radical (unpaired) electrons. The average molecular weight is 268 g/mol. The summed E-state index contributed by atoms with van der Waals surface area (Å²) >= 11 is 0. The lowest BCUT2D eigenvalue weighted by Gasteiger charge is -2.08. The van der Waals surface area contributed by atoms with Crippen LogP contribution in [-0.2, 0) is 0 Å². The molecule has 2 amide bonds. The maximum Gasteiger partial charge on any atom is 0.251 e. The average Bonchev–Trinajstić information content (AvgIpc) is 2.46. The van der Waals surface area contributed by atoms with E-state index in [9.17, 15) is 9.59 Å². The number of nitrogens with two attached hydrogens (primary N) is 1. The Balaban J connectivity index is 2.49. The third kappa shape index (κ3) is 2.69. The van der Waals surface area contributed by atoms with Crippen LogP contribution in [0.15, 0.2) is 42.5 Å². The van der Waals surface area contributed by atoms with Gasteiger partial charge in [-0.2, -0.15) is 0 Å². The van der Waals surface area contributed by atoms with Gasteiger partial charge in [0.05, 0.1) is 0 Å². The van der Waals surface area contributed by atoms with Crippen LogP contribution in [0.1, 0.15) is 26.3 Å². The van der Waals surface area contributed by atoms with E-state index in [1.54, 1.807) is 25.2 Å². The molecule has 102 valence electrons. The zero-order valence-electron chi connectivity index (χ0n) is 11.4. The van der Waals surface area contributed by atoms with Crippen LogP contribution >= 0.6 is 0 Å². The molecule has 3 N–H and O–H groups in total. The first-order chi connectivity index (χ1) is 9.52. The molecule has 2 aromatic carbocycles. The van der Waals surface area contributed by atoms with Crippen molar-refractivity contribution in [3.05, 3.63) is 59.2 Å². The molecular formula is C16H16N2O2. The molecule has 0 unspecified atom stereocenters. The van der Waals surface area contributed by atoms with Crippen LogP contribution in [0.5, 0.6) is 0 Å². The summed E-state index contributed by atoms with van der Waals surface area (Å²) in [7, 11) is 1.59. The van der Waals surface area contributed by atoms with Crippen molar-refractivity contribution in [2.45, 2.75) is 6.92 Å². The zero-order chi connectivity index (χ0) is 14.7. The van der Waals surface area contributed by atoms with Crippen LogP contribution in [-0.4, -0.2) is 18.9 Å². The van der Waals surface area contributed by atoms with Gasteiger partial charge >= 0.3 is 0 Å². The number of aryl methyl sites for hydroxylation is 1. The highest BCUT2D eigenvalue weighted by Gasteiger charge is 2.09. The molecule has 0 aliphatic heterocycles. The summed E-state index contributed by atoms with van der Waals surface area (Å²) in [5, 5.41) is 2.59. The Morgan fingerprint density at radius 2 is 1.75 bits per heavy atom. The third-order valence-corrected chi connectivity index (χ3v) is 3.19. The Morgan fingerprint density at radius 1 is 1.05 bits per heavy atom. The molecule has 2 aromatic rings. The van der Waals surface area contributed by atoms with Gasteiger partial charge in [-0.3, -0.25) is 9.59 Å². The molecule has 4 heteroatoms. The molecule has 0 aliphatic rings. The molecule has 0 spiro atoms. The van der Waals surface area contributed by atoms with Gasteiger partial charge in [0.2, 0.25) is 5.91 Å². The highest BCUT2D eigenvalue weighted by molar-refractivity contribution is 5.97. The van der Waals surface area contributed by atoms with Gasteiger partial charge in [0.1, 0.15) is 0 Å². The normalized spacial score (nSPS) is 10.1. The topological polar surface area (TPSA) is 72.2 Å². The summed E-state index contributed by atoms with van der Waals surface area (Å²) in [5.41, 5.74) is 8.99. The standard InChI is InChI=1S/C16H16N2O2/c1-10-6-7-12(9-14(10)15(17)19)11-4-3-5-13(8-11)16(20)18-2/h3-9H,1-2H3,(H2,17,19)(H,18,20). The number of hydrogen-bond donors (Lipinski definition) is 2. The summed E-state index contributed by atoms with van der Waals surface area (Å²) in [6, 6.07) is 12.7. The van der Waals surface area contributed by atoms with E-state index in [-0.39, 0.29) is 5.91 Å². The monoisotopic (exact) mass is 268 g/mol. The highest BCUT2D eigenvalue weighted by atomic mass is 16.1. The van der Waals surface area contributed by atoms with Gasteiger partial charge in [0.25, 0.3) is 5.91 Å². The van der Waals surface area contributed by atoms with Gasteiger partial charge in [-0.25, -0.2) is 0 Å². The summed E-state index contributed by atoms with van der Waals surface area (Å²) in [4.78, 5) is 23.0. The Bertz CT molecular complexity index is 678. The van der Waals surface area contributed by atoms with E-state index in [0.29, 0.717) is 11.1 Å². The highest BCUT2D eigenvalue weighted by Crippen LogP contribution is 2.23. The van der Waals surface area contributed by atoms with Crippen molar-refractivity contribution < 1.29 is 9.59 Å². The van der Waals surface area contributed by atoms with Crippen molar-refractivity contribution >= 4 is 11.8 Å². The van der Waals surface area contributed by atoms with Gasteiger partial charge in [-0.05, 0) is 41.8 Å². The zero-order valence-corrected chi connectivity index (χ0v) is 11.4. The molecule has 0 atom stereocenters. The van der Waals surface area contributed by atoms with E-state index >= 15 is 0 Å². The predicted molar refractivity (Wildman–Crippen MR) is 78.5 cm³/mol. The number of amides is 2. The van der Waals surface area contributed by atoms with Gasteiger partial charge in [-0.1, -0.05) is 24.3 Å². The second-order valence-electron chi connectivity index (χ2n) is 4.55. The Kier molecular flexibility index (Phi) is 3.84. The molecule has 0 bridgehead atoms. The van der Waals surface area contributed by atoms with Crippen molar-refractivity contribution in [1.82, 2.24) is 5.32 Å². The molecule has 4 nitrogen and oxygen atoms in total. The maximum atomic E-state index is 11.6. The molecule has 0 aromatic heterocycles. The molecule has 2 rings (SSSR count). The van der Waals surface area contributed by atoms with E-state index in [2.05, 4.69) is 5.32 Å². The van der Waals surface area contributed by atoms with Crippen molar-refractivity contribution in [3.63, 3.8) is 0 Å². The first-order valence-corrected chi connectivity index (χ1v) is 6.26. The fourth-order valence-corrected chi connectivity index (χ4v) is 2.05. The SMILES string of the molecule is CNC(=O)c1cccc(-c2ccc(C)c(C(N)=O)c2)c1. The number of carbonyl (C=O) groups excluding carboxylic acids is 2. The lowest BCUT2D eigenvalue weighted by atomic mass is 9.98. The van der Waals surface area contributed by atoms with Gasteiger partial charge in [-0.15, -0.1) is 0 Å². The van der Waals surface area contributed by atoms with Crippen molar-refractivity contribution in [3.8, 4) is 11.1 Å². The fraction of sp³-hybridized carbons (Fsp3) is 0.125. The Morgan fingerprint density at radius 3 is 2.40 bits per heavy atom. The van der Waals surface area contributed by atoms with Crippen LogP contribution in [0.25, 0.3) is 11.1 Å². The maximum absolute atomic E-state index is 11.6. The van der Waals surface area contributed by atoms with Crippen molar-refractivity contribution in [2.75, 3.05) is 7.05 Å². The summed E-state index contributed by atoms with van der Waals surface area (Å²) in [6.07, 6.45) is 0. The summed E-state index contributed by atoms with van der Waals surface area (Å²) in [6.45, 7) is 1.84. The molecule has 0 aliphatic carbocycles. The van der Waals surface area contributed by atoms with E-state index in [4.69, 9.17) is 5.73 Å². The predicted octanol–water partition coefficient (Wildman–Crippen LogP) is 2.12. The van der Waals surface area contributed by atoms with Crippen LogP contribution in [0.2, 0.25) is 0 Å². The van der Waals surface area contributed by atoms with E-state index in [0.717, 1.165) is 16.7 Å². The number of benzene rings is 2. The molecule has 0 saturated carbocycles. The lowest BCUT2D eigenvalue weighted by Crippen LogP contribution is -2.17. The number of primary amides is 1. The lowest BCUT2D eigenvalue weighted by molar-refractivity contribution is 0.0961. The van der Waals surface area contributed by atoms with E-state index in [1.807, 2.05) is 31.2 Å². The molecule has 20 heavy (non-hydrogen) atoms. The second-order valence-corrected chi connectivity index (χ2v) is 4.55.